The van der Waals surface area contributed by atoms with E-state index in [0.717, 1.165) is 47.3 Å². The normalized spacial score (nSPS) is 16.1. The van der Waals surface area contributed by atoms with Crippen LogP contribution >= 0.6 is 0 Å². The molecule has 0 saturated carbocycles. The number of nitrogens with zero attached hydrogens (tertiary/aromatic N) is 2. The highest BCUT2D eigenvalue weighted by atomic mass is 19.1. The molecule has 1 aliphatic heterocycles. The molecule has 1 N–H and O–H groups in total. The summed E-state index contributed by atoms with van der Waals surface area (Å²) in [5, 5.41) is 3.09. The van der Waals surface area contributed by atoms with Crippen molar-refractivity contribution in [3.05, 3.63) is 65.5 Å². The Labute approximate surface area is 191 Å². The number of carbonyl (C=O) groups is 1. The molecule has 1 heterocycles. The number of halogens is 1. The zero-order valence-electron chi connectivity index (χ0n) is 19.8. The standard InChI is InChI=1S/C26H36FN3O2/c1-20(2)19-32-25-11-7-21(8-12-25)17-28-26(31)29(18-22-5-9-23(27)10-6-22)24-13-15-30(3,4)16-14-24/h5-12,20,24H,13-19H2,1-4H3/p+1. The summed E-state index contributed by atoms with van der Waals surface area (Å²) in [4.78, 5) is 15.1. The molecule has 0 spiro atoms. The number of carbonyl (C=O) groups excluding carboxylic acids is 1. The van der Waals surface area contributed by atoms with Crippen molar-refractivity contribution in [3.8, 4) is 5.75 Å². The second kappa shape index (κ2) is 10.8. The predicted molar refractivity (Wildman–Crippen MR) is 126 cm³/mol. The summed E-state index contributed by atoms with van der Waals surface area (Å²) in [7, 11) is 4.46. The summed E-state index contributed by atoms with van der Waals surface area (Å²) in [6.45, 7) is 7.93. The van der Waals surface area contributed by atoms with Gasteiger partial charge in [0, 0.05) is 32.0 Å². The van der Waals surface area contributed by atoms with Crippen LogP contribution in [0, 0.1) is 11.7 Å². The SMILES string of the molecule is CC(C)COc1ccc(CNC(=O)N(Cc2ccc(F)cc2)C2CC[N+](C)(C)CC2)cc1. The molecule has 6 heteroatoms. The van der Waals surface area contributed by atoms with E-state index in [4.69, 9.17) is 4.74 Å². The first-order chi connectivity index (χ1) is 15.2. The molecule has 5 nitrogen and oxygen atoms in total. The highest BCUT2D eigenvalue weighted by molar-refractivity contribution is 5.74. The molecule has 1 fully saturated rings. The number of quaternary nitrogens is 1. The lowest BCUT2D eigenvalue weighted by molar-refractivity contribution is -0.895. The molecule has 32 heavy (non-hydrogen) atoms. The van der Waals surface area contributed by atoms with Crippen LogP contribution in [0.25, 0.3) is 0 Å². The van der Waals surface area contributed by atoms with Gasteiger partial charge < -0.3 is 19.4 Å². The van der Waals surface area contributed by atoms with E-state index in [1.165, 1.54) is 12.1 Å². The van der Waals surface area contributed by atoms with Crippen molar-refractivity contribution >= 4 is 6.03 Å². The van der Waals surface area contributed by atoms with E-state index in [1.807, 2.05) is 29.2 Å². The molecular weight excluding hydrogens is 405 g/mol. The third-order valence-corrected chi connectivity index (χ3v) is 6.05. The van der Waals surface area contributed by atoms with E-state index in [1.54, 1.807) is 12.1 Å². The number of nitrogens with one attached hydrogen (secondary N) is 1. The lowest BCUT2D eigenvalue weighted by atomic mass is 10.0. The van der Waals surface area contributed by atoms with Gasteiger partial charge in [0.25, 0.3) is 0 Å². The third-order valence-electron chi connectivity index (χ3n) is 6.05. The fourth-order valence-corrected chi connectivity index (χ4v) is 3.96. The number of hydrogen-bond acceptors (Lipinski definition) is 2. The largest absolute Gasteiger partial charge is 0.493 e. The number of benzene rings is 2. The predicted octanol–water partition coefficient (Wildman–Crippen LogP) is 4.81. The molecule has 0 radical (unpaired) electrons. The first-order valence-electron chi connectivity index (χ1n) is 11.5. The Kier molecular flexibility index (Phi) is 8.13. The second-order valence-corrected chi connectivity index (χ2v) is 9.88. The molecule has 1 aliphatic rings. The molecule has 2 aromatic carbocycles. The lowest BCUT2D eigenvalue weighted by Gasteiger charge is -2.41. The Morgan fingerprint density at radius 1 is 1.06 bits per heavy atom. The van der Waals surface area contributed by atoms with Crippen LogP contribution in [0.4, 0.5) is 9.18 Å². The van der Waals surface area contributed by atoms with Crippen LogP contribution in [-0.4, -0.2) is 55.2 Å². The summed E-state index contributed by atoms with van der Waals surface area (Å²) in [6.07, 6.45) is 1.92. The van der Waals surface area contributed by atoms with Crippen molar-refractivity contribution in [1.29, 1.82) is 0 Å². The van der Waals surface area contributed by atoms with Crippen LogP contribution in [0.2, 0.25) is 0 Å². The fraction of sp³-hybridized carbons (Fsp3) is 0.500. The van der Waals surface area contributed by atoms with E-state index in [2.05, 4.69) is 33.3 Å². The van der Waals surface area contributed by atoms with Crippen molar-refractivity contribution in [2.24, 2.45) is 5.92 Å². The molecular formula is C26H37FN3O2+. The molecule has 2 amide bonds. The van der Waals surface area contributed by atoms with Crippen LogP contribution in [0.5, 0.6) is 5.75 Å². The van der Waals surface area contributed by atoms with Crippen molar-refractivity contribution in [3.63, 3.8) is 0 Å². The van der Waals surface area contributed by atoms with E-state index in [-0.39, 0.29) is 17.9 Å². The maximum absolute atomic E-state index is 13.3. The zero-order valence-corrected chi connectivity index (χ0v) is 19.8. The van der Waals surface area contributed by atoms with Crippen LogP contribution in [0.15, 0.2) is 48.5 Å². The minimum Gasteiger partial charge on any atom is -0.493 e. The molecule has 1 saturated heterocycles. The first kappa shape index (κ1) is 24.1. The Hall–Kier alpha value is -2.60. The van der Waals surface area contributed by atoms with Gasteiger partial charge in [-0.25, -0.2) is 9.18 Å². The molecule has 2 aromatic rings. The van der Waals surface area contributed by atoms with Gasteiger partial charge in [-0.1, -0.05) is 38.1 Å². The molecule has 3 rings (SSSR count). The lowest BCUT2D eigenvalue weighted by Crippen LogP contribution is -2.54. The van der Waals surface area contributed by atoms with Crippen LogP contribution in [0.1, 0.15) is 37.8 Å². The van der Waals surface area contributed by atoms with Gasteiger partial charge in [0.15, 0.2) is 0 Å². The minimum absolute atomic E-state index is 0.0772. The smallest absolute Gasteiger partial charge is 0.318 e. The van der Waals surface area contributed by atoms with Crippen LogP contribution in [0.3, 0.4) is 0 Å². The Balaban J connectivity index is 1.63. The van der Waals surface area contributed by atoms with Gasteiger partial charge in [-0.2, -0.15) is 0 Å². The highest BCUT2D eigenvalue weighted by Gasteiger charge is 2.32. The number of amides is 2. The molecule has 0 unspecified atom stereocenters. The van der Waals surface area contributed by atoms with Gasteiger partial charge in [-0.15, -0.1) is 0 Å². The quantitative estimate of drug-likeness (QED) is 0.596. The number of rotatable bonds is 8. The van der Waals surface area contributed by atoms with Gasteiger partial charge in [-0.3, -0.25) is 0 Å². The highest BCUT2D eigenvalue weighted by Crippen LogP contribution is 2.22. The number of piperidine rings is 1. The number of ether oxygens (including phenoxy) is 1. The zero-order chi connectivity index (χ0) is 23.1. The van der Waals surface area contributed by atoms with E-state index >= 15 is 0 Å². The van der Waals surface area contributed by atoms with E-state index in [0.29, 0.717) is 25.6 Å². The molecule has 0 atom stereocenters. The monoisotopic (exact) mass is 442 g/mol. The molecule has 174 valence electrons. The van der Waals surface area contributed by atoms with Crippen molar-refractivity contribution in [2.45, 2.75) is 45.8 Å². The van der Waals surface area contributed by atoms with Crippen molar-refractivity contribution in [1.82, 2.24) is 10.2 Å². The second-order valence-electron chi connectivity index (χ2n) is 9.88. The van der Waals surface area contributed by atoms with E-state index < -0.39 is 0 Å². The fourth-order valence-electron chi connectivity index (χ4n) is 3.96. The van der Waals surface area contributed by atoms with Gasteiger partial charge in [-0.05, 0) is 41.3 Å². The molecule has 0 aromatic heterocycles. The average Bonchev–Trinajstić information content (AvgIpc) is 2.76. The van der Waals surface area contributed by atoms with Gasteiger partial charge in [0.1, 0.15) is 11.6 Å². The Morgan fingerprint density at radius 3 is 2.25 bits per heavy atom. The number of likely N-dealkylation sites (tertiary alicyclic amines) is 1. The molecule has 0 bridgehead atoms. The van der Waals surface area contributed by atoms with Crippen LogP contribution < -0.4 is 10.1 Å². The van der Waals surface area contributed by atoms with Crippen LogP contribution in [-0.2, 0) is 13.1 Å². The third kappa shape index (κ3) is 7.23. The van der Waals surface area contributed by atoms with Crippen molar-refractivity contribution in [2.75, 3.05) is 33.8 Å². The summed E-state index contributed by atoms with van der Waals surface area (Å²) >= 11 is 0. The van der Waals surface area contributed by atoms with Crippen molar-refractivity contribution < 1.29 is 18.4 Å². The number of hydrogen-bond donors (Lipinski definition) is 1. The minimum atomic E-state index is -0.262. The maximum Gasteiger partial charge on any atom is 0.318 e. The van der Waals surface area contributed by atoms with Gasteiger partial charge in [0.2, 0.25) is 0 Å². The average molecular weight is 443 g/mol. The summed E-state index contributed by atoms with van der Waals surface area (Å²) in [6, 6.07) is 14.4. The first-order valence-corrected chi connectivity index (χ1v) is 11.5. The summed E-state index contributed by atoms with van der Waals surface area (Å²) < 4.78 is 20.1. The molecule has 0 aliphatic carbocycles. The maximum atomic E-state index is 13.3. The summed E-state index contributed by atoms with van der Waals surface area (Å²) in [5.74, 6) is 1.06. The summed E-state index contributed by atoms with van der Waals surface area (Å²) in [5.41, 5.74) is 1.96. The Morgan fingerprint density at radius 2 is 1.66 bits per heavy atom. The van der Waals surface area contributed by atoms with E-state index in [9.17, 15) is 9.18 Å². The topological polar surface area (TPSA) is 41.6 Å². The number of urea groups is 1. The van der Waals surface area contributed by atoms with Gasteiger partial charge in [0.05, 0.1) is 33.8 Å². The Bertz CT molecular complexity index is 856. The van der Waals surface area contributed by atoms with Gasteiger partial charge >= 0.3 is 6.03 Å².